The third-order valence-electron chi connectivity index (χ3n) is 4.63. The van der Waals surface area contributed by atoms with Crippen molar-refractivity contribution < 1.29 is 4.79 Å². The Bertz CT molecular complexity index is 736. The predicted molar refractivity (Wildman–Crippen MR) is 114 cm³/mol. The molecule has 0 aliphatic heterocycles. The number of carbonyl (C=O) groups excluding carboxylic acids is 1. The Hall–Kier alpha value is -2.56. The molecule has 2 N–H and O–H groups in total. The molecule has 0 aliphatic carbocycles. The van der Waals surface area contributed by atoms with Gasteiger partial charge in [0.25, 0.3) is 5.91 Å². The molecule has 5 heteroatoms. The maximum Gasteiger partial charge on any atom is 0.252 e. The SMILES string of the molecule is CCN(CC)c1ccc(Nc2ccc(C(=O)NCCC(C)C)cn2)c(C)c1. The first-order chi connectivity index (χ1) is 12.9. The van der Waals surface area contributed by atoms with Crippen molar-refractivity contribution in [3.8, 4) is 0 Å². The van der Waals surface area contributed by atoms with Crippen molar-refractivity contribution in [2.75, 3.05) is 29.9 Å². The molecule has 0 aliphatic rings. The summed E-state index contributed by atoms with van der Waals surface area (Å²) in [6.07, 6.45) is 2.59. The fraction of sp³-hybridized carbons (Fsp3) is 0.455. The molecule has 0 spiro atoms. The van der Waals surface area contributed by atoms with Gasteiger partial charge in [-0.25, -0.2) is 4.98 Å². The van der Waals surface area contributed by atoms with Gasteiger partial charge in [0.15, 0.2) is 0 Å². The molecule has 0 radical (unpaired) electrons. The topological polar surface area (TPSA) is 57.3 Å². The number of anilines is 3. The standard InChI is InChI=1S/C22H32N4O/c1-6-26(7-2)19-9-10-20(17(5)14-19)25-21-11-8-18(15-24-21)22(27)23-13-12-16(3)4/h8-11,14-16H,6-7,12-13H2,1-5H3,(H,23,27)(H,24,25). The van der Waals surface area contributed by atoms with Gasteiger partial charge in [-0.2, -0.15) is 0 Å². The Morgan fingerprint density at radius 1 is 1.15 bits per heavy atom. The minimum absolute atomic E-state index is 0.0746. The zero-order valence-electron chi connectivity index (χ0n) is 17.2. The lowest BCUT2D eigenvalue weighted by atomic mass is 10.1. The summed E-state index contributed by atoms with van der Waals surface area (Å²) in [5, 5.41) is 6.27. The molecule has 0 saturated heterocycles. The van der Waals surface area contributed by atoms with Crippen LogP contribution in [0.2, 0.25) is 0 Å². The summed E-state index contributed by atoms with van der Waals surface area (Å²) in [6.45, 7) is 13.4. The van der Waals surface area contributed by atoms with Crippen molar-refractivity contribution in [2.24, 2.45) is 5.92 Å². The van der Waals surface area contributed by atoms with E-state index in [9.17, 15) is 4.79 Å². The minimum atomic E-state index is -0.0746. The maximum atomic E-state index is 12.1. The van der Waals surface area contributed by atoms with E-state index < -0.39 is 0 Å². The summed E-state index contributed by atoms with van der Waals surface area (Å²) in [6, 6.07) is 10.0. The van der Waals surface area contributed by atoms with Gasteiger partial charge in [0, 0.05) is 37.2 Å². The van der Waals surface area contributed by atoms with Gasteiger partial charge in [-0.3, -0.25) is 4.79 Å². The van der Waals surface area contributed by atoms with Crippen LogP contribution in [-0.4, -0.2) is 30.5 Å². The number of benzene rings is 1. The van der Waals surface area contributed by atoms with E-state index in [1.807, 2.05) is 6.07 Å². The van der Waals surface area contributed by atoms with Crippen LogP contribution in [0.1, 0.15) is 50.0 Å². The van der Waals surface area contributed by atoms with Crippen molar-refractivity contribution >= 4 is 23.1 Å². The van der Waals surface area contributed by atoms with Crippen molar-refractivity contribution in [3.05, 3.63) is 47.7 Å². The first-order valence-electron chi connectivity index (χ1n) is 9.81. The Balaban J connectivity index is 2.01. The Morgan fingerprint density at radius 3 is 2.44 bits per heavy atom. The van der Waals surface area contributed by atoms with Crippen LogP contribution in [-0.2, 0) is 0 Å². The van der Waals surface area contributed by atoms with E-state index in [2.05, 4.69) is 73.3 Å². The maximum absolute atomic E-state index is 12.1. The van der Waals surface area contributed by atoms with Crippen molar-refractivity contribution in [3.63, 3.8) is 0 Å². The molecule has 0 atom stereocenters. The molecule has 2 aromatic rings. The Labute approximate surface area is 163 Å². The third-order valence-corrected chi connectivity index (χ3v) is 4.63. The molecule has 146 valence electrons. The molecule has 1 heterocycles. The summed E-state index contributed by atoms with van der Waals surface area (Å²) < 4.78 is 0. The molecule has 27 heavy (non-hydrogen) atoms. The lowest BCUT2D eigenvalue weighted by Gasteiger charge is -2.22. The second-order valence-corrected chi connectivity index (χ2v) is 7.17. The molecule has 0 saturated carbocycles. The number of rotatable bonds is 9. The van der Waals surface area contributed by atoms with Crippen LogP contribution in [0, 0.1) is 12.8 Å². The van der Waals surface area contributed by atoms with E-state index >= 15 is 0 Å². The molecule has 0 unspecified atom stereocenters. The van der Waals surface area contributed by atoms with E-state index in [1.165, 1.54) is 5.69 Å². The third kappa shape index (κ3) is 5.98. The molecule has 0 fully saturated rings. The lowest BCUT2D eigenvalue weighted by molar-refractivity contribution is 0.0951. The highest BCUT2D eigenvalue weighted by Crippen LogP contribution is 2.25. The van der Waals surface area contributed by atoms with E-state index in [1.54, 1.807) is 12.3 Å². The molecule has 5 nitrogen and oxygen atoms in total. The van der Waals surface area contributed by atoms with Gasteiger partial charge in [0.2, 0.25) is 0 Å². The van der Waals surface area contributed by atoms with E-state index in [-0.39, 0.29) is 5.91 Å². The average Bonchev–Trinajstić information content (AvgIpc) is 2.65. The van der Waals surface area contributed by atoms with Crippen molar-refractivity contribution in [2.45, 2.75) is 41.0 Å². The molecule has 1 amide bonds. The molecule has 2 rings (SSSR count). The average molecular weight is 369 g/mol. The highest BCUT2D eigenvalue weighted by Gasteiger charge is 2.08. The normalized spacial score (nSPS) is 10.7. The van der Waals surface area contributed by atoms with Crippen LogP contribution in [0.4, 0.5) is 17.2 Å². The summed E-state index contributed by atoms with van der Waals surface area (Å²) in [5.41, 5.74) is 3.99. The number of carbonyl (C=O) groups is 1. The van der Waals surface area contributed by atoms with Crippen LogP contribution in [0.15, 0.2) is 36.5 Å². The number of hydrogen-bond donors (Lipinski definition) is 2. The second-order valence-electron chi connectivity index (χ2n) is 7.17. The summed E-state index contributed by atoms with van der Waals surface area (Å²) >= 11 is 0. The number of nitrogens with zero attached hydrogens (tertiary/aromatic N) is 2. The van der Waals surface area contributed by atoms with Crippen LogP contribution in [0.3, 0.4) is 0 Å². The van der Waals surface area contributed by atoms with Crippen LogP contribution in [0.5, 0.6) is 0 Å². The lowest BCUT2D eigenvalue weighted by Crippen LogP contribution is -2.25. The van der Waals surface area contributed by atoms with Gasteiger partial charge in [0.05, 0.1) is 5.56 Å². The van der Waals surface area contributed by atoms with E-state index in [0.29, 0.717) is 18.0 Å². The van der Waals surface area contributed by atoms with E-state index in [4.69, 9.17) is 0 Å². The first-order valence-corrected chi connectivity index (χ1v) is 9.81. The summed E-state index contributed by atoms with van der Waals surface area (Å²) in [4.78, 5) is 18.8. The number of hydrogen-bond acceptors (Lipinski definition) is 4. The van der Waals surface area contributed by atoms with Gasteiger partial charge < -0.3 is 15.5 Å². The predicted octanol–water partition coefficient (Wildman–Crippen LogP) is 4.76. The highest BCUT2D eigenvalue weighted by atomic mass is 16.1. The number of aryl methyl sites for hydroxylation is 1. The van der Waals surface area contributed by atoms with Crippen LogP contribution >= 0.6 is 0 Å². The number of pyridine rings is 1. The first kappa shape index (κ1) is 20.7. The Morgan fingerprint density at radius 2 is 1.89 bits per heavy atom. The quantitative estimate of drug-likeness (QED) is 0.670. The van der Waals surface area contributed by atoms with Crippen LogP contribution in [0.25, 0.3) is 0 Å². The number of nitrogens with one attached hydrogen (secondary N) is 2. The summed E-state index contributed by atoms with van der Waals surface area (Å²) in [7, 11) is 0. The zero-order valence-corrected chi connectivity index (χ0v) is 17.2. The van der Waals surface area contributed by atoms with Crippen LogP contribution < -0.4 is 15.5 Å². The fourth-order valence-corrected chi connectivity index (χ4v) is 2.89. The smallest absolute Gasteiger partial charge is 0.252 e. The Kier molecular flexibility index (Phi) is 7.65. The molecule has 1 aromatic heterocycles. The molecule has 1 aromatic carbocycles. The monoisotopic (exact) mass is 368 g/mol. The van der Waals surface area contributed by atoms with Gasteiger partial charge in [-0.1, -0.05) is 13.8 Å². The van der Waals surface area contributed by atoms with Gasteiger partial charge in [0.1, 0.15) is 5.82 Å². The van der Waals surface area contributed by atoms with E-state index in [0.717, 1.165) is 36.6 Å². The second kappa shape index (κ2) is 9.95. The number of aromatic nitrogens is 1. The zero-order chi connectivity index (χ0) is 19.8. The largest absolute Gasteiger partial charge is 0.372 e. The number of amides is 1. The van der Waals surface area contributed by atoms with Gasteiger partial charge in [-0.15, -0.1) is 0 Å². The molecule has 0 bridgehead atoms. The van der Waals surface area contributed by atoms with Crippen molar-refractivity contribution in [1.29, 1.82) is 0 Å². The highest BCUT2D eigenvalue weighted by molar-refractivity contribution is 5.94. The minimum Gasteiger partial charge on any atom is -0.372 e. The fourth-order valence-electron chi connectivity index (χ4n) is 2.89. The van der Waals surface area contributed by atoms with Crippen molar-refractivity contribution in [1.82, 2.24) is 10.3 Å². The molecular weight excluding hydrogens is 336 g/mol. The molecular formula is C22H32N4O. The summed E-state index contributed by atoms with van der Waals surface area (Å²) in [5.74, 6) is 1.23. The van der Waals surface area contributed by atoms with Gasteiger partial charge >= 0.3 is 0 Å². The van der Waals surface area contributed by atoms with Gasteiger partial charge in [-0.05, 0) is 69.0 Å².